The summed E-state index contributed by atoms with van der Waals surface area (Å²) in [6.07, 6.45) is 1.23. The third-order valence-corrected chi connectivity index (χ3v) is 6.06. The van der Waals surface area contributed by atoms with E-state index in [-0.39, 0.29) is 24.3 Å². The molecule has 1 N–H and O–H groups in total. The van der Waals surface area contributed by atoms with E-state index in [9.17, 15) is 9.59 Å². The van der Waals surface area contributed by atoms with Crippen LogP contribution in [0.2, 0.25) is 0 Å². The van der Waals surface area contributed by atoms with Gasteiger partial charge in [0.2, 0.25) is 5.91 Å². The number of ether oxygens (including phenoxy) is 1. The van der Waals surface area contributed by atoms with Crippen LogP contribution in [-0.4, -0.2) is 29.2 Å². The van der Waals surface area contributed by atoms with Crippen molar-refractivity contribution in [2.45, 2.75) is 50.9 Å². The molecule has 7 heteroatoms. The topological polar surface area (TPSA) is 68.3 Å². The van der Waals surface area contributed by atoms with Gasteiger partial charge in [-0.15, -0.1) is 11.3 Å². The van der Waals surface area contributed by atoms with Crippen LogP contribution < -0.4 is 5.32 Å². The second kappa shape index (κ2) is 11.2. The molecule has 0 spiro atoms. The molecule has 0 aliphatic rings. The number of nitrogens with one attached hydrogen (secondary N) is 1. The van der Waals surface area contributed by atoms with Gasteiger partial charge in [0, 0.05) is 5.38 Å². The van der Waals surface area contributed by atoms with E-state index >= 15 is 0 Å². The number of aromatic nitrogens is 1. The molecule has 0 aliphatic carbocycles. The van der Waals surface area contributed by atoms with Crippen LogP contribution in [0.3, 0.4) is 0 Å². The highest BCUT2D eigenvalue weighted by Crippen LogP contribution is 2.23. The maximum absolute atomic E-state index is 12.3. The van der Waals surface area contributed by atoms with Crippen molar-refractivity contribution < 1.29 is 14.3 Å². The average molecular weight is 421 g/mol. The molecule has 0 bridgehead atoms. The standard InChI is InChI=1S/C21H28N2O3S2/c1-5-26-20(25)11-18-12-27-21(23-18)28-13-19(24)22-15(4)17-8-6-16(7-9-17)10-14(2)3/h6-9,12,14-15H,5,10-11,13H2,1-4H3,(H,22,24)/t15-/m1/s1. The minimum absolute atomic E-state index is 0.0362. The van der Waals surface area contributed by atoms with Crippen molar-refractivity contribution in [3.05, 3.63) is 46.5 Å². The van der Waals surface area contributed by atoms with Crippen LogP contribution in [0.5, 0.6) is 0 Å². The predicted molar refractivity (Wildman–Crippen MR) is 115 cm³/mol. The summed E-state index contributed by atoms with van der Waals surface area (Å²) in [7, 11) is 0. The molecule has 1 aromatic heterocycles. The van der Waals surface area contributed by atoms with Gasteiger partial charge in [-0.1, -0.05) is 49.9 Å². The average Bonchev–Trinajstić information content (AvgIpc) is 3.07. The van der Waals surface area contributed by atoms with Crippen molar-refractivity contribution >= 4 is 35.0 Å². The lowest BCUT2D eigenvalue weighted by Crippen LogP contribution is -2.28. The van der Waals surface area contributed by atoms with E-state index in [1.807, 2.05) is 12.3 Å². The van der Waals surface area contributed by atoms with E-state index in [1.165, 1.54) is 28.7 Å². The maximum atomic E-state index is 12.3. The van der Waals surface area contributed by atoms with Gasteiger partial charge in [0.25, 0.3) is 0 Å². The van der Waals surface area contributed by atoms with Crippen LogP contribution in [0, 0.1) is 5.92 Å². The van der Waals surface area contributed by atoms with E-state index in [4.69, 9.17) is 4.74 Å². The fraction of sp³-hybridized carbons (Fsp3) is 0.476. The Kier molecular flexibility index (Phi) is 8.99. The molecule has 0 aliphatic heterocycles. The lowest BCUT2D eigenvalue weighted by atomic mass is 10.00. The summed E-state index contributed by atoms with van der Waals surface area (Å²) in [6.45, 7) is 8.54. The Labute approximate surface area is 175 Å². The second-order valence-electron chi connectivity index (χ2n) is 7.00. The highest BCUT2D eigenvalue weighted by Gasteiger charge is 2.13. The van der Waals surface area contributed by atoms with Crippen LogP contribution in [0.25, 0.3) is 0 Å². The molecular formula is C21H28N2O3S2. The zero-order chi connectivity index (χ0) is 20.5. The monoisotopic (exact) mass is 420 g/mol. The summed E-state index contributed by atoms with van der Waals surface area (Å²) in [5.41, 5.74) is 3.09. The number of benzene rings is 1. The number of thiazole rings is 1. The Hall–Kier alpha value is -1.86. The van der Waals surface area contributed by atoms with Crippen molar-refractivity contribution in [1.82, 2.24) is 10.3 Å². The van der Waals surface area contributed by atoms with E-state index < -0.39 is 0 Å². The second-order valence-corrected chi connectivity index (χ2v) is 9.08. The SMILES string of the molecule is CCOC(=O)Cc1csc(SCC(=O)N[C@H](C)c2ccc(CC(C)C)cc2)n1. The molecule has 152 valence electrons. The summed E-state index contributed by atoms with van der Waals surface area (Å²) in [5.74, 6) is 0.604. The van der Waals surface area contributed by atoms with Gasteiger partial charge in [-0.3, -0.25) is 9.59 Å². The Morgan fingerprint density at radius 3 is 2.57 bits per heavy atom. The van der Waals surface area contributed by atoms with Gasteiger partial charge in [0.1, 0.15) is 0 Å². The molecule has 2 rings (SSSR count). The van der Waals surface area contributed by atoms with Crippen LogP contribution in [0.15, 0.2) is 34.0 Å². The normalized spacial score (nSPS) is 12.0. The fourth-order valence-electron chi connectivity index (χ4n) is 2.70. The first-order chi connectivity index (χ1) is 13.4. The molecule has 1 aromatic carbocycles. The maximum Gasteiger partial charge on any atom is 0.311 e. The van der Waals surface area contributed by atoms with Gasteiger partial charge in [-0.05, 0) is 37.3 Å². The lowest BCUT2D eigenvalue weighted by molar-refractivity contribution is -0.142. The Balaban J connectivity index is 1.79. The first kappa shape index (κ1) is 22.4. The van der Waals surface area contributed by atoms with Gasteiger partial charge in [-0.2, -0.15) is 0 Å². The molecule has 0 saturated carbocycles. The number of hydrogen-bond acceptors (Lipinski definition) is 6. The molecule has 2 aromatic rings. The summed E-state index contributed by atoms with van der Waals surface area (Å²) >= 11 is 2.82. The zero-order valence-corrected chi connectivity index (χ0v) is 18.5. The first-order valence-electron chi connectivity index (χ1n) is 9.48. The molecule has 1 heterocycles. The van der Waals surface area contributed by atoms with Gasteiger partial charge in [0.15, 0.2) is 4.34 Å². The van der Waals surface area contributed by atoms with Gasteiger partial charge in [0.05, 0.1) is 30.5 Å². The molecule has 5 nitrogen and oxygen atoms in total. The lowest BCUT2D eigenvalue weighted by Gasteiger charge is -2.15. The molecule has 0 fully saturated rings. The number of hydrogen-bond donors (Lipinski definition) is 1. The molecule has 0 unspecified atom stereocenters. The quantitative estimate of drug-likeness (QED) is 0.455. The molecule has 0 radical (unpaired) electrons. The Morgan fingerprint density at radius 2 is 1.93 bits per heavy atom. The van der Waals surface area contributed by atoms with E-state index in [2.05, 4.69) is 48.4 Å². The number of rotatable bonds is 10. The van der Waals surface area contributed by atoms with Crippen LogP contribution in [0.4, 0.5) is 0 Å². The largest absolute Gasteiger partial charge is 0.466 e. The molecule has 0 saturated heterocycles. The summed E-state index contributed by atoms with van der Waals surface area (Å²) in [4.78, 5) is 28.1. The van der Waals surface area contributed by atoms with Crippen LogP contribution in [-0.2, 0) is 27.2 Å². The molecular weight excluding hydrogens is 392 g/mol. The number of nitrogens with zero attached hydrogens (tertiary/aromatic N) is 1. The number of carbonyl (C=O) groups excluding carboxylic acids is 2. The number of thioether (sulfide) groups is 1. The van der Waals surface area contributed by atoms with E-state index in [0.29, 0.717) is 24.0 Å². The number of carbonyl (C=O) groups is 2. The van der Waals surface area contributed by atoms with Crippen LogP contribution in [0.1, 0.15) is 50.6 Å². The number of esters is 1. The third kappa shape index (κ3) is 7.64. The van der Waals surface area contributed by atoms with Gasteiger partial charge in [-0.25, -0.2) is 4.98 Å². The third-order valence-electron chi connectivity index (χ3n) is 3.99. The van der Waals surface area contributed by atoms with Crippen molar-refractivity contribution in [3.8, 4) is 0 Å². The van der Waals surface area contributed by atoms with Gasteiger partial charge < -0.3 is 10.1 Å². The highest BCUT2D eigenvalue weighted by atomic mass is 32.2. The molecule has 28 heavy (non-hydrogen) atoms. The summed E-state index contributed by atoms with van der Waals surface area (Å²) in [5, 5.41) is 4.86. The summed E-state index contributed by atoms with van der Waals surface area (Å²) < 4.78 is 5.70. The Morgan fingerprint density at radius 1 is 1.21 bits per heavy atom. The van der Waals surface area contributed by atoms with E-state index in [1.54, 1.807) is 6.92 Å². The van der Waals surface area contributed by atoms with Crippen molar-refractivity contribution in [3.63, 3.8) is 0 Å². The minimum atomic E-state index is -0.282. The fourth-order valence-corrected chi connectivity index (χ4v) is 4.36. The van der Waals surface area contributed by atoms with Gasteiger partial charge >= 0.3 is 5.97 Å². The van der Waals surface area contributed by atoms with Crippen LogP contribution >= 0.6 is 23.1 Å². The smallest absolute Gasteiger partial charge is 0.311 e. The highest BCUT2D eigenvalue weighted by molar-refractivity contribution is 8.01. The summed E-state index contributed by atoms with van der Waals surface area (Å²) in [6, 6.07) is 8.38. The van der Waals surface area contributed by atoms with Crippen molar-refractivity contribution in [1.29, 1.82) is 0 Å². The van der Waals surface area contributed by atoms with E-state index in [0.717, 1.165) is 16.3 Å². The molecule has 1 atom stereocenters. The molecule has 1 amide bonds. The number of amides is 1. The minimum Gasteiger partial charge on any atom is -0.466 e. The first-order valence-corrected chi connectivity index (χ1v) is 11.3. The predicted octanol–water partition coefficient (Wildman–Crippen LogP) is 4.42. The zero-order valence-electron chi connectivity index (χ0n) is 16.9. The Bertz CT molecular complexity index is 772. The van der Waals surface area contributed by atoms with Crippen molar-refractivity contribution in [2.75, 3.05) is 12.4 Å². The van der Waals surface area contributed by atoms with Crippen molar-refractivity contribution in [2.24, 2.45) is 5.92 Å².